The highest BCUT2D eigenvalue weighted by atomic mass is 16.5. The lowest BCUT2D eigenvalue weighted by Gasteiger charge is -2.27. The maximum absolute atomic E-state index is 11.3. The number of nitrogens with one attached hydrogen (secondary N) is 1. The van der Waals surface area contributed by atoms with Crippen molar-refractivity contribution in [3.63, 3.8) is 0 Å². The number of hydrogen-bond donors (Lipinski definition) is 2. The predicted molar refractivity (Wildman–Crippen MR) is 43.5 cm³/mol. The maximum Gasteiger partial charge on any atom is 0.222 e. The second kappa shape index (κ2) is 2.71. The zero-order valence-electron chi connectivity index (χ0n) is 7.01. The van der Waals surface area contributed by atoms with Crippen LogP contribution in [0.4, 0.5) is 0 Å². The average molecular weight is 170 g/mol. The van der Waals surface area contributed by atoms with Gasteiger partial charge in [0, 0.05) is 12.0 Å². The fraction of sp³-hybridized carbons (Fsp3) is 0.875. The van der Waals surface area contributed by atoms with Crippen molar-refractivity contribution in [3.05, 3.63) is 0 Å². The van der Waals surface area contributed by atoms with E-state index in [-0.39, 0.29) is 17.5 Å². The van der Waals surface area contributed by atoms with Crippen molar-refractivity contribution in [1.29, 1.82) is 0 Å². The van der Waals surface area contributed by atoms with Gasteiger partial charge in [-0.15, -0.1) is 0 Å². The van der Waals surface area contributed by atoms with Crippen molar-refractivity contribution in [2.45, 2.75) is 30.8 Å². The van der Waals surface area contributed by atoms with E-state index in [1.165, 1.54) is 0 Å². The number of carbonyl (C=O) groups excluding carboxylic acids is 1. The summed E-state index contributed by atoms with van der Waals surface area (Å²) in [5.74, 6) is 0.0725. The summed E-state index contributed by atoms with van der Waals surface area (Å²) >= 11 is 0. The van der Waals surface area contributed by atoms with Crippen LogP contribution in [0.2, 0.25) is 0 Å². The Bertz CT molecular complexity index is 197. The van der Waals surface area contributed by atoms with E-state index >= 15 is 0 Å². The monoisotopic (exact) mass is 170 g/mol. The van der Waals surface area contributed by atoms with Crippen molar-refractivity contribution >= 4 is 5.91 Å². The van der Waals surface area contributed by atoms with Gasteiger partial charge in [0.1, 0.15) is 0 Å². The molecule has 3 N–H and O–H groups in total. The molecule has 0 bridgehead atoms. The zero-order chi connectivity index (χ0) is 8.60. The molecule has 4 nitrogen and oxygen atoms in total. The second-order valence-electron chi connectivity index (χ2n) is 3.84. The van der Waals surface area contributed by atoms with Crippen molar-refractivity contribution < 1.29 is 9.53 Å². The largest absolute Gasteiger partial charge is 0.377 e. The lowest BCUT2D eigenvalue weighted by Crippen LogP contribution is -2.49. The van der Waals surface area contributed by atoms with Gasteiger partial charge in [0.2, 0.25) is 5.91 Å². The number of rotatable bonds is 3. The summed E-state index contributed by atoms with van der Waals surface area (Å²) in [6.07, 6.45) is 2.45. The summed E-state index contributed by atoms with van der Waals surface area (Å²) in [6, 6.07) is 0.236. The maximum atomic E-state index is 11.3. The summed E-state index contributed by atoms with van der Waals surface area (Å²) < 4.78 is 4.94. The molecule has 68 valence electrons. The minimum atomic E-state index is -0.172. The normalized spacial score (nSPS) is 26.1. The van der Waals surface area contributed by atoms with Gasteiger partial charge >= 0.3 is 0 Å². The van der Waals surface area contributed by atoms with Crippen LogP contribution in [0.15, 0.2) is 0 Å². The van der Waals surface area contributed by atoms with Gasteiger partial charge in [-0.2, -0.15) is 0 Å². The molecule has 0 unspecified atom stereocenters. The smallest absolute Gasteiger partial charge is 0.222 e. The Morgan fingerprint density at radius 2 is 2.25 bits per heavy atom. The number of amides is 1. The molecule has 0 spiro atoms. The van der Waals surface area contributed by atoms with Crippen molar-refractivity contribution in [2.24, 2.45) is 5.73 Å². The quantitative estimate of drug-likeness (QED) is 0.593. The molecule has 0 aromatic rings. The first-order valence-electron chi connectivity index (χ1n) is 4.34. The first kappa shape index (κ1) is 8.01. The summed E-state index contributed by atoms with van der Waals surface area (Å²) in [7, 11) is 0. The van der Waals surface area contributed by atoms with E-state index in [0.29, 0.717) is 19.6 Å². The minimum absolute atomic E-state index is 0.0725. The Balaban J connectivity index is 1.69. The van der Waals surface area contributed by atoms with Crippen LogP contribution in [0, 0.1) is 0 Å². The third-order valence-electron chi connectivity index (χ3n) is 2.41. The third-order valence-corrected chi connectivity index (χ3v) is 2.41. The van der Waals surface area contributed by atoms with Gasteiger partial charge in [-0.3, -0.25) is 4.79 Å². The summed E-state index contributed by atoms with van der Waals surface area (Å²) in [5.41, 5.74) is 5.62. The van der Waals surface area contributed by atoms with Crippen LogP contribution in [0.1, 0.15) is 19.3 Å². The predicted octanol–water partition coefficient (Wildman–Crippen LogP) is -0.617. The van der Waals surface area contributed by atoms with E-state index < -0.39 is 0 Å². The molecular weight excluding hydrogens is 156 g/mol. The average Bonchev–Trinajstić information content (AvgIpc) is 2.59. The van der Waals surface area contributed by atoms with Gasteiger partial charge in [0.05, 0.1) is 19.3 Å². The van der Waals surface area contributed by atoms with E-state index in [2.05, 4.69) is 5.32 Å². The van der Waals surface area contributed by atoms with E-state index in [9.17, 15) is 4.79 Å². The lowest BCUT2D eigenvalue weighted by molar-refractivity contribution is -0.125. The Morgan fingerprint density at radius 1 is 1.58 bits per heavy atom. The van der Waals surface area contributed by atoms with Crippen LogP contribution < -0.4 is 11.1 Å². The molecule has 0 radical (unpaired) electrons. The molecule has 1 aliphatic carbocycles. The van der Waals surface area contributed by atoms with Crippen LogP contribution in [0.5, 0.6) is 0 Å². The second-order valence-corrected chi connectivity index (χ2v) is 3.84. The Kier molecular flexibility index (Phi) is 1.81. The minimum Gasteiger partial charge on any atom is -0.377 e. The molecule has 2 aliphatic rings. The Labute approximate surface area is 71.4 Å². The highest BCUT2D eigenvalue weighted by Crippen LogP contribution is 2.35. The SMILES string of the molecule is NC1(CC(=O)NC2COC2)CC1. The van der Waals surface area contributed by atoms with Crippen LogP contribution in [-0.4, -0.2) is 30.7 Å². The lowest BCUT2D eigenvalue weighted by atomic mass is 10.1. The number of hydrogen-bond acceptors (Lipinski definition) is 3. The van der Waals surface area contributed by atoms with E-state index in [1.807, 2.05) is 0 Å². The standard InChI is InChI=1S/C8H14N2O2/c9-8(1-2-8)3-7(11)10-6-4-12-5-6/h6H,1-5,9H2,(H,10,11). The van der Waals surface area contributed by atoms with Gasteiger partial charge < -0.3 is 15.8 Å². The Hall–Kier alpha value is -0.610. The first-order chi connectivity index (χ1) is 5.68. The van der Waals surface area contributed by atoms with Crippen LogP contribution in [-0.2, 0) is 9.53 Å². The van der Waals surface area contributed by atoms with Crippen molar-refractivity contribution in [1.82, 2.24) is 5.32 Å². The third kappa shape index (κ3) is 1.76. The summed E-state index contributed by atoms with van der Waals surface area (Å²) in [5, 5.41) is 2.87. The van der Waals surface area contributed by atoms with Crippen LogP contribution in [0.3, 0.4) is 0 Å². The molecule has 1 saturated heterocycles. The Morgan fingerprint density at radius 3 is 2.67 bits per heavy atom. The molecule has 1 aliphatic heterocycles. The van der Waals surface area contributed by atoms with Crippen LogP contribution in [0.25, 0.3) is 0 Å². The highest BCUT2D eigenvalue weighted by Gasteiger charge is 2.40. The molecule has 12 heavy (non-hydrogen) atoms. The molecule has 0 atom stereocenters. The number of ether oxygens (including phenoxy) is 1. The van der Waals surface area contributed by atoms with E-state index in [4.69, 9.17) is 10.5 Å². The molecule has 1 amide bonds. The topological polar surface area (TPSA) is 64.4 Å². The fourth-order valence-electron chi connectivity index (χ4n) is 1.25. The van der Waals surface area contributed by atoms with Gasteiger partial charge in [-0.1, -0.05) is 0 Å². The van der Waals surface area contributed by atoms with Gasteiger partial charge in [-0.25, -0.2) is 0 Å². The van der Waals surface area contributed by atoms with E-state index in [0.717, 1.165) is 12.8 Å². The van der Waals surface area contributed by atoms with E-state index in [1.54, 1.807) is 0 Å². The van der Waals surface area contributed by atoms with Gasteiger partial charge in [-0.05, 0) is 12.8 Å². The molecule has 1 saturated carbocycles. The summed E-state index contributed by atoms with van der Waals surface area (Å²) in [6.45, 7) is 1.31. The molecule has 1 heterocycles. The molecule has 4 heteroatoms. The number of carbonyl (C=O) groups is 1. The highest BCUT2D eigenvalue weighted by molar-refractivity contribution is 5.78. The molecule has 2 rings (SSSR count). The van der Waals surface area contributed by atoms with Crippen molar-refractivity contribution in [2.75, 3.05) is 13.2 Å². The molecular formula is C8H14N2O2. The summed E-state index contributed by atoms with van der Waals surface area (Å²) in [4.78, 5) is 11.3. The fourth-order valence-corrected chi connectivity index (χ4v) is 1.25. The molecule has 0 aromatic heterocycles. The first-order valence-corrected chi connectivity index (χ1v) is 4.34. The van der Waals surface area contributed by atoms with Crippen molar-refractivity contribution in [3.8, 4) is 0 Å². The number of nitrogens with two attached hydrogens (primary N) is 1. The van der Waals surface area contributed by atoms with Gasteiger partial charge in [0.15, 0.2) is 0 Å². The zero-order valence-corrected chi connectivity index (χ0v) is 7.01. The van der Waals surface area contributed by atoms with Gasteiger partial charge in [0.25, 0.3) is 0 Å². The molecule has 0 aromatic carbocycles. The molecule has 2 fully saturated rings. The van der Waals surface area contributed by atoms with Crippen LogP contribution >= 0.6 is 0 Å².